The maximum Gasteiger partial charge on any atom is 0.229 e. The van der Waals surface area contributed by atoms with Crippen LogP contribution >= 0.6 is 0 Å². The summed E-state index contributed by atoms with van der Waals surface area (Å²) in [6.07, 6.45) is 2.78. The number of aliphatic hydroxyl groups excluding tert-OH is 1. The Labute approximate surface area is 119 Å². The minimum Gasteiger partial charge on any atom is -0.389 e. The minimum atomic E-state index is -0.597. The van der Waals surface area contributed by atoms with E-state index in [0.29, 0.717) is 17.5 Å². The zero-order valence-electron chi connectivity index (χ0n) is 11.8. The van der Waals surface area contributed by atoms with Crippen LogP contribution < -0.4 is 11.1 Å². The van der Waals surface area contributed by atoms with Crippen molar-refractivity contribution in [1.82, 2.24) is 0 Å². The molecule has 4 nitrogen and oxygen atoms in total. The summed E-state index contributed by atoms with van der Waals surface area (Å²) in [6, 6.07) is 7.38. The molecule has 0 aromatic heterocycles. The van der Waals surface area contributed by atoms with Crippen LogP contribution in [0.1, 0.15) is 37.9 Å². The molecule has 2 saturated carbocycles. The van der Waals surface area contributed by atoms with Gasteiger partial charge in [0, 0.05) is 17.3 Å². The number of para-hydroxylation sites is 1. The monoisotopic (exact) mass is 274 g/mol. The van der Waals surface area contributed by atoms with Gasteiger partial charge < -0.3 is 16.2 Å². The lowest BCUT2D eigenvalue weighted by molar-refractivity contribution is -0.121. The summed E-state index contributed by atoms with van der Waals surface area (Å²) in [5.41, 5.74) is 7.65. The van der Waals surface area contributed by atoms with E-state index in [4.69, 9.17) is 5.73 Å². The van der Waals surface area contributed by atoms with Crippen molar-refractivity contribution in [3.8, 4) is 0 Å². The fourth-order valence-electron chi connectivity index (χ4n) is 3.92. The lowest BCUT2D eigenvalue weighted by Gasteiger charge is -2.27. The van der Waals surface area contributed by atoms with E-state index in [1.165, 1.54) is 6.42 Å². The van der Waals surface area contributed by atoms with Gasteiger partial charge in [0.1, 0.15) is 0 Å². The van der Waals surface area contributed by atoms with Crippen LogP contribution in [0.3, 0.4) is 0 Å². The molecule has 0 aliphatic heterocycles. The van der Waals surface area contributed by atoms with E-state index in [9.17, 15) is 9.90 Å². The fourth-order valence-corrected chi connectivity index (χ4v) is 3.92. The van der Waals surface area contributed by atoms with Crippen LogP contribution in [0.4, 0.5) is 5.69 Å². The number of anilines is 1. The average molecular weight is 274 g/mol. The van der Waals surface area contributed by atoms with Gasteiger partial charge in [-0.1, -0.05) is 18.2 Å². The molecule has 2 fully saturated rings. The highest BCUT2D eigenvalue weighted by atomic mass is 16.3. The minimum absolute atomic E-state index is 0.00698. The van der Waals surface area contributed by atoms with Crippen molar-refractivity contribution < 1.29 is 9.90 Å². The Balaban J connectivity index is 1.77. The van der Waals surface area contributed by atoms with Crippen molar-refractivity contribution in [1.29, 1.82) is 0 Å². The fraction of sp³-hybridized carbons (Fsp3) is 0.562. The molecule has 0 heterocycles. The summed E-state index contributed by atoms with van der Waals surface area (Å²) in [6.45, 7) is 1.70. The molecule has 2 aliphatic rings. The zero-order chi connectivity index (χ0) is 14.3. The Hall–Kier alpha value is -1.39. The third-order valence-electron chi connectivity index (χ3n) is 4.95. The number of hydrogen-bond acceptors (Lipinski definition) is 3. The van der Waals surface area contributed by atoms with E-state index in [0.717, 1.165) is 18.4 Å². The van der Waals surface area contributed by atoms with E-state index in [2.05, 4.69) is 5.32 Å². The molecule has 3 rings (SSSR count). The molecule has 5 atom stereocenters. The summed E-state index contributed by atoms with van der Waals surface area (Å²) < 4.78 is 0. The second-order valence-electron chi connectivity index (χ2n) is 6.19. The highest BCUT2D eigenvalue weighted by Crippen LogP contribution is 2.48. The van der Waals surface area contributed by atoms with Gasteiger partial charge in [0.05, 0.1) is 12.0 Å². The number of carbonyl (C=O) groups is 1. The van der Waals surface area contributed by atoms with Gasteiger partial charge in [-0.3, -0.25) is 4.79 Å². The van der Waals surface area contributed by atoms with Crippen LogP contribution in [0, 0.1) is 17.8 Å². The van der Waals surface area contributed by atoms with Crippen molar-refractivity contribution in [2.24, 2.45) is 23.5 Å². The Morgan fingerprint density at radius 1 is 1.35 bits per heavy atom. The van der Waals surface area contributed by atoms with Crippen LogP contribution in [-0.4, -0.2) is 17.1 Å². The SMILES string of the molecule is CC(O)c1ccccc1NC(=O)C1C2CCC(C2)C1N. The van der Waals surface area contributed by atoms with E-state index in [-0.39, 0.29) is 17.9 Å². The zero-order valence-corrected chi connectivity index (χ0v) is 11.8. The van der Waals surface area contributed by atoms with Crippen LogP contribution in [0.2, 0.25) is 0 Å². The van der Waals surface area contributed by atoms with Gasteiger partial charge in [0.2, 0.25) is 5.91 Å². The number of aliphatic hydroxyl groups is 1. The van der Waals surface area contributed by atoms with Gasteiger partial charge in [-0.25, -0.2) is 0 Å². The first-order chi connectivity index (χ1) is 9.58. The molecule has 2 bridgehead atoms. The molecule has 0 radical (unpaired) electrons. The van der Waals surface area contributed by atoms with Crippen molar-refractivity contribution in [3.63, 3.8) is 0 Å². The summed E-state index contributed by atoms with van der Waals surface area (Å²) in [4.78, 5) is 12.5. The smallest absolute Gasteiger partial charge is 0.229 e. The first-order valence-corrected chi connectivity index (χ1v) is 7.41. The molecule has 0 spiro atoms. The molecule has 1 amide bonds. The van der Waals surface area contributed by atoms with Crippen LogP contribution in [0.5, 0.6) is 0 Å². The third-order valence-corrected chi connectivity index (χ3v) is 4.95. The van der Waals surface area contributed by atoms with Crippen molar-refractivity contribution in [2.75, 3.05) is 5.32 Å². The van der Waals surface area contributed by atoms with Gasteiger partial charge in [-0.2, -0.15) is 0 Å². The number of amides is 1. The van der Waals surface area contributed by atoms with Crippen molar-refractivity contribution >= 4 is 11.6 Å². The van der Waals surface area contributed by atoms with Crippen LogP contribution in [-0.2, 0) is 4.79 Å². The predicted molar refractivity (Wildman–Crippen MR) is 78.0 cm³/mol. The molecular weight excluding hydrogens is 252 g/mol. The number of carbonyl (C=O) groups excluding carboxylic acids is 1. The molecule has 0 saturated heterocycles. The lowest BCUT2D eigenvalue weighted by Crippen LogP contribution is -2.42. The summed E-state index contributed by atoms with van der Waals surface area (Å²) in [5.74, 6) is 0.894. The highest BCUT2D eigenvalue weighted by Gasteiger charge is 2.49. The van der Waals surface area contributed by atoms with E-state index in [1.54, 1.807) is 6.92 Å². The van der Waals surface area contributed by atoms with Crippen LogP contribution in [0.15, 0.2) is 24.3 Å². The molecule has 1 aromatic rings. The number of nitrogens with two attached hydrogens (primary N) is 1. The normalized spacial score (nSPS) is 33.1. The van der Waals surface area contributed by atoms with E-state index < -0.39 is 6.10 Å². The second kappa shape index (κ2) is 5.19. The second-order valence-corrected chi connectivity index (χ2v) is 6.19. The van der Waals surface area contributed by atoms with E-state index >= 15 is 0 Å². The highest BCUT2D eigenvalue weighted by molar-refractivity contribution is 5.94. The van der Waals surface area contributed by atoms with Crippen LogP contribution in [0.25, 0.3) is 0 Å². The molecule has 2 aliphatic carbocycles. The standard InChI is InChI=1S/C16H22N2O2/c1-9(19)12-4-2-3-5-13(12)18-16(20)14-10-6-7-11(8-10)15(14)17/h2-5,9-11,14-15,19H,6-8,17H2,1H3,(H,18,20). The Kier molecular flexibility index (Phi) is 3.52. The van der Waals surface area contributed by atoms with Crippen molar-refractivity contribution in [2.45, 2.75) is 38.3 Å². The Morgan fingerprint density at radius 2 is 2.05 bits per heavy atom. The van der Waals surface area contributed by atoms with Gasteiger partial charge in [-0.05, 0) is 44.1 Å². The first kappa shape index (κ1) is 13.6. The topological polar surface area (TPSA) is 75.3 Å². The third kappa shape index (κ3) is 2.23. The number of rotatable bonds is 3. The summed E-state index contributed by atoms with van der Waals surface area (Å²) >= 11 is 0. The van der Waals surface area contributed by atoms with E-state index in [1.807, 2.05) is 24.3 Å². The number of fused-ring (bicyclic) bond motifs is 2. The number of nitrogens with one attached hydrogen (secondary N) is 1. The van der Waals surface area contributed by atoms with Crippen molar-refractivity contribution in [3.05, 3.63) is 29.8 Å². The number of benzene rings is 1. The average Bonchev–Trinajstić information content (AvgIpc) is 2.99. The maximum absolute atomic E-state index is 12.5. The molecule has 4 heteroatoms. The molecule has 5 unspecified atom stereocenters. The van der Waals surface area contributed by atoms with Gasteiger partial charge in [0.25, 0.3) is 0 Å². The quantitative estimate of drug-likeness (QED) is 0.789. The molecular formula is C16H22N2O2. The molecule has 4 N–H and O–H groups in total. The predicted octanol–water partition coefficient (Wildman–Crippen LogP) is 2.05. The Morgan fingerprint density at radius 3 is 2.70 bits per heavy atom. The Bertz CT molecular complexity index is 513. The molecule has 1 aromatic carbocycles. The lowest BCUT2D eigenvalue weighted by atomic mass is 9.84. The molecule has 108 valence electrons. The molecule has 20 heavy (non-hydrogen) atoms. The summed E-state index contributed by atoms with van der Waals surface area (Å²) in [5, 5.41) is 12.7. The largest absolute Gasteiger partial charge is 0.389 e. The summed E-state index contributed by atoms with van der Waals surface area (Å²) in [7, 11) is 0. The van der Waals surface area contributed by atoms with Gasteiger partial charge in [-0.15, -0.1) is 0 Å². The first-order valence-electron chi connectivity index (χ1n) is 7.41. The van der Waals surface area contributed by atoms with Gasteiger partial charge >= 0.3 is 0 Å². The van der Waals surface area contributed by atoms with Gasteiger partial charge in [0.15, 0.2) is 0 Å². The maximum atomic E-state index is 12.5. The number of hydrogen-bond donors (Lipinski definition) is 3.